The standard InChI is InChI=1S/C60H96O6/c1-4-7-10-13-16-19-22-25-27-29-30-31-33-35-38-41-44-47-50-53-59(62)65-56-57(55-64-58(61)52-49-46-43-40-37-34-24-21-18-15-12-9-6-3)66-60(63)54-51-48-45-42-39-36-32-28-26-23-20-17-14-11-8-5-2/h7,9-10,12,15-16,18-19,21,24-25,27-28,30-32,35-36,38-39,57H,4-6,8,11,13-14,17,20,22-23,26,29,33-34,37,40-56H2,1-3H3/b10-7-,12-9-,18-15-,19-16-,24-21-,27-25-,31-30-,32-28-,38-35-,39-36-. The minimum Gasteiger partial charge on any atom is -0.462 e. The van der Waals surface area contributed by atoms with Gasteiger partial charge in [-0.2, -0.15) is 0 Å². The van der Waals surface area contributed by atoms with Gasteiger partial charge in [0.2, 0.25) is 0 Å². The van der Waals surface area contributed by atoms with Crippen LogP contribution in [-0.4, -0.2) is 37.2 Å². The normalized spacial score (nSPS) is 13.1. The Bertz CT molecular complexity index is 1420. The van der Waals surface area contributed by atoms with Crippen molar-refractivity contribution < 1.29 is 28.6 Å². The van der Waals surface area contributed by atoms with Crippen LogP contribution in [0.3, 0.4) is 0 Å². The second-order valence-corrected chi connectivity index (χ2v) is 17.1. The Kier molecular flexibility index (Phi) is 50.0. The highest BCUT2D eigenvalue weighted by Gasteiger charge is 2.19. The van der Waals surface area contributed by atoms with Crippen LogP contribution in [0.1, 0.15) is 220 Å². The van der Waals surface area contributed by atoms with Crippen LogP contribution < -0.4 is 0 Å². The van der Waals surface area contributed by atoms with Crippen molar-refractivity contribution in [3.05, 3.63) is 122 Å². The first-order chi connectivity index (χ1) is 32.5. The van der Waals surface area contributed by atoms with Crippen LogP contribution in [0.4, 0.5) is 0 Å². The first kappa shape index (κ1) is 61.8. The minimum absolute atomic E-state index is 0.114. The summed E-state index contributed by atoms with van der Waals surface area (Å²) >= 11 is 0. The van der Waals surface area contributed by atoms with E-state index in [0.717, 1.165) is 135 Å². The monoisotopic (exact) mass is 913 g/mol. The van der Waals surface area contributed by atoms with Crippen molar-refractivity contribution in [1.29, 1.82) is 0 Å². The molecule has 0 rings (SSSR count). The molecule has 1 atom stereocenters. The maximum absolute atomic E-state index is 12.8. The molecule has 372 valence electrons. The molecule has 0 saturated heterocycles. The van der Waals surface area contributed by atoms with Gasteiger partial charge in [0.1, 0.15) is 13.2 Å². The molecule has 0 bridgehead atoms. The molecule has 6 heteroatoms. The first-order valence-corrected chi connectivity index (χ1v) is 26.6. The Balaban J connectivity index is 4.53. The zero-order chi connectivity index (χ0) is 47.9. The van der Waals surface area contributed by atoms with Gasteiger partial charge in [0.25, 0.3) is 0 Å². The quantitative estimate of drug-likeness (QED) is 0.0199. The largest absolute Gasteiger partial charge is 0.462 e. The second-order valence-electron chi connectivity index (χ2n) is 17.1. The fraction of sp³-hybridized carbons (Fsp3) is 0.617. The summed E-state index contributed by atoms with van der Waals surface area (Å²) in [5, 5.41) is 0. The van der Waals surface area contributed by atoms with Gasteiger partial charge in [-0.15, -0.1) is 0 Å². The van der Waals surface area contributed by atoms with Crippen molar-refractivity contribution >= 4 is 17.9 Å². The molecule has 0 aromatic rings. The Morgan fingerprint density at radius 2 is 0.667 bits per heavy atom. The summed E-state index contributed by atoms with van der Waals surface area (Å²) in [6.07, 6.45) is 73.3. The molecule has 6 nitrogen and oxygen atoms in total. The van der Waals surface area contributed by atoms with Gasteiger partial charge in [0.05, 0.1) is 0 Å². The number of hydrogen-bond acceptors (Lipinski definition) is 6. The minimum atomic E-state index is -0.818. The van der Waals surface area contributed by atoms with Crippen LogP contribution >= 0.6 is 0 Å². The summed E-state index contributed by atoms with van der Waals surface area (Å²) in [5.41, 5.74) is 0. The van der Waals surface area contributed by atoms with E-state index >= 15 is 0 Å². The predicted molar refractivity (Wildman–Crippen MR) is 283 cm³/mol. The molecule has 0 fully saturated rings. The van der Waals surface area contributed by atoms with Crippen LogP contribution in [0.25, 0.3) is 0 Å². The van der Waals surface area contributed by atoms with Crippen LogP contribution in [0.2, 0.25) is 0 Å². The number of allylic oxidation sites excluding steroid dienone is 20. The number of unbranched alkanes of at least 4 members (excludes halogenated alkanes) is 18. The van der Waals surface area contributed by atoms with Gasteiger partial charge in [0, 0.05) is 19.3 Å². The highest BCUT2D eigenvalue weighted by molar-refractivity contribution is 5.71. The molecule has 0 aliphatic heterocycles. The van der Waals surface area contributed by atoms with Crippen LogP contribution in [-0.2, 0) is 28.6 Å². The molecule has 0 aromatic carbocycles. The summed E-state index contributed by atoms with van der Waals surface area (Å²) in [7, 11) is 0. The van der Waals surface area contributed by atoms with Crippen LogP contribution in [0, 0.1) is 0 Å². The van der Waals surface area contributed by atoms with Gasteiger partial charge in [-0.1, -0.05) is 213 Å². The third kappa shape index (κ3) is 50.8. The average molecular weight is 913 g/mol. The lowest BCUT2D eigenvalue weighted by molar-refractivity contribution is -0.167. The number of carbonyl (C=O) groups excluding carboxylic acids is 3. The second kappa shape index (κ2) is 53.4. The molecule has 1 unspecified atom stereocenters. The third-order valence-electron chi connectivity index (χ3n) is 10.8. The van der Waals surface area contributed by atoms with E-state index in [1.54, 1.807) is 0 Å². The number of ether oxygens (including phenoxy) is 3. The molecule has 0 radical (unpaired) electrons. The number of hydrogen-bond donors (Lipinski definition) is 0. The molecular weight excluding hydrogens is 817 g/mol. The molecule has 0 saturated carbocycles. The molecule has 0 aliphatic rings. The van der Waals surface area contributed by atoms with Crippen molar-refractivity contribution in [1.82, 2.24) is 0 Å². The molecule has 0 amide bonds. The average Bonchev–Trinajstić information content (AvgIpc) is 3.31. The van der Waals surface area contributed by atoms with E-state index in [1.807, 2.05) is 0 Å². The van der Waals surface area contributed by atoms with E-state index in [0.29, 0.717) is 12.8 Å². The molecular formula is C60H96O6. The smallest absolute Gasteiger partial charge is 0.306 e. The Morgan fingerprint density at radius 1 is 0.333 bits per heavy atom. The van der Waals surface area contributed by atoms with Gasteiger partial charge in [0.15, 0.2) is 6.10 Å². The van der Waals surface area contributed by atoms with Gasteiger partial charge in [-0.25, -0.2) is 0 Å². The maximum Gasteiger partial charge on any atom is 0.306 e. The Hall–Kier alpha value is -4.19. The van der Waals surface area contributed by atoms with Crippen molar-refractivity contribution in [3.8, 4) is 0 Å². The molecule has 0 heterocycles. The lowest BCUT2D eigenvalue weighted by Crippen LogP contribution is -2.30. The van der Waals surface area contributed by atoms with Gasteiger partial charge < -0.3 is 14.2 Å². The predicted octanol–water partition coefficient (Wildman–Crippen LogP) is 17.7. The van der Waals surface area contributed by atoms with Gasteiger partial charge in [-0.05, 0) is 109 Å². The van der Waals surface area contributed by atoms with Gasteiger partial charge in [-0.3, -0.25) is 14.4 Å². The number of esters is 3. The highest BCUT2D eigenvalue weighted by atomic mass is 16.6. The molecule has 0 aliphatic carbocycles. The molecule has 66 heavy (non-hydrogen) atoms. The summed E-state index contributed by atoms with van der Waals surface area (Å²) in [5.74, 6) is -0.998. The fourth-order valence-electron chi connectivity index (χ4n) is 6.81. The van der Waals surface area contributed by atoms with Crippen LogP contribution in [0.15, 0.2) is 122 Å². The zero-order valence-corrected chi connectivity index (χ0v) is 42.4. The van der Waals surface area contributed by atoms with E-state index in [1.165, 1.54) is 44.9 Å². The Labute approximate surface area is 405 Å². The number of carbonyl (C=O) groups is 3. The maximum atomic E-state index is 12.8. The number of rotatable bonds is 46. The third-order valence-corrected chi connectivity index (χ3v) is 10.8. The summed E-state index contributed by atoms with van der Waals surface area (Å²) < 4.78 is 16.7. The SMILES string of the molecule is CC\C=C/C=C\C=C/CCCCCCCC(=O)OCC(COC(=O)CCCCC/C=C\C/C=C\C/C=C\C/C=C\C/C=C\CC)OC(=O)CCCCC/C=C\C=C/CCCCCCCCC. The van der Waals surface area contributed by atoms with Crippen molar-refractivity contribution in [3.63, 3.8) is 0 Å². The zero-order valence-electron chi connectivity index (χ0n) is 42.4. The first-order valence-electron chi connectivity index (χ1n) is 26.6. The highest BCUT2D eigenvalue weighted by Crippen LogP contribution is 2.12. The summed E-state index contributed by atoms with van der Waals surface area (Å²) in [6, 6.07) is 0. The molecule has 0 aromatic heterocycles. The molecule has 0 spiro atoms. The lowest BCUT2D eigenvalue weighted by atomic mass is 10.1. The van der Waals surface area contributed by atoms with E-state index in [-0.39, 0.29) is 37.5 Å². The van der Waals surface area contributed by atoms with E-state index in [9.17, 15) is 14.4 Å². The van der Waals surface area contributed by atoms with E-state index in [4.69, 9.17) is 14.2 Å². The summed E-state index contributed by atoms with van der Waals surface area (Å²) in [6.45, 7) is 6.30. The lowest BCUT2D eigenvalue weighted by Gasteiger charge is -2.18. The topological polar surface area (TPSA) is 78.9 Å². The van der Waals surface area contributed by atoms with E-state index < -0.39 is 6.10 Å². The molecule has 0 N–H and O–H groups in total. The van der Waals surface area contributed by atoms with Crippen LogP contribution in [0.5, 0.6) is 0 Å². The van der Waals surface area contributed by atoms with Crippen molar-refractivity contribution in [2.75, 3.05) is 13.2 Å². The van der Waals surface area contributed by atoms with E-state index in [2.05, 4.69) is 142 Å². The summed E-state index contributed by atoms with van der Waals surface area (Å²) in [4.78, 5) is 38.0. The van der Waals surface area contributed by atoms with Gasteiger partial charge >= 0.3 is 17.9 Å². The van der Waals surface area contributed by atoms with Crippen molar-refractivity contribution in [2.45, 2.75) is 226 Å². The van der Waals surface area contributed by atoms with Crippen molar-refractivity contribution in [2.24, 2.45) is 0 Å². The fourth-order valence-corrected chi connectivity index (χ4v) is 6.81. The Morgan fingerprint density at radius 3 is 1.12 bits per heavy atom.